The molecule has 2 N–H and O–H groups in total. The van der Waals surface area contributed by atoms with E-state index in [1.807, 2.05) is 0 Å². The van der Waals surface area contributed by atoms with Crippen LogP contribution in [-0.2, 0) is 11.0 Å². The second-order valence-electron chi connectivity index (χ2n) is 6.00. The molecule has 1 heterocycles. The van der Waals surface area contributed by atoms with Gasteiger partial charge in [-0.05, 0) is 43.5 Å². The fourth-order valence-corrected chi connectivity index (χ4v) is 2.79. The molecular weight excluding hydrogens is 323 g/mol. The van der Waals surface area contributed by atoms with Crippen LogP contribution in [0.25, 0.3) is 0 Å². The summed E-state index contributed by atoms with van der Waals surface area (Å²) in [6.45, 7) is 3.78. The van der Waals surface area contributed by atoms with E-state index in [-0.39, 0.29) is 17.6 Å². The highest BCUT2D eigenvalue weighted by Gasteiger charge is 2.31. The van der Waals surface area contributed by atoms with Gasteiger partial charge < -0.3 is 15.5 Å². The number of piperidine rings is 1. The van der Waals surface area contributed by atoms with E-state index in [2.05, 4.69) is 10.6 Å². The lowest BCUT2D eigenvalue weighted by Crippen LogP contribution is -2.50. The fourth-order valence-electron chi connectivity index (χ4n) is 2.79. The van der Waals surface area contributed by atoms with E-state index in [9.17, 15) is 22.8 Å². The zero-order valence-corrected chi connectivity index (χ0v) is 13.5. The highest BCUT2D eigenvalue weighted by molar-refractivity contribution is 5.89. The molecule has 0 bridgehead atoms. The molecule has 132 valence electrons. The number of aryl methyl sites for hydroxylation is 1. The van der Waals surface area contributed by atoms with Gasteiger partial charge >= 0.3 is 12.2 Å². The van der Waals surface area contributed by atoms with Gasteiger partial charge in [-0.2, -0.15) is 13.2 Å². The van der Waals surface area contributed by atoms with Crippen molar-refractivity contribution in [2.75, 3.05) is 18.4 Å². The molecule has 0 aromatic heterocycles. The van der Waals surface area contributed by atoms with Crippen molar-refractivity contribution >= 4 is 17.6 Å². The van der Waals surface area contributed by atoms with Gasteiger partial charge in [0.1, 0.15) is 0 Å². The Kier molecular flexibility index (Phi) is 5.36. The van der Waals surface area contributed by atoms with E-state index in [1.54, 1.807) is 6.92 Å². The molecule has 5 nitrogen and oxygen atoms in total. The molecule has 1 aliphatic heterocycles. The Morgan fingerprint density at radius 1 is 1.25 bits per heavy atom. The third-order valence-corrected chi connectivity index (χ3v) is 3.77. The molecule has 3 amide bonds. The predicted molar refractivity (Wildman–Crippen MR) is 83.6 cm³/mol. The normalized spacial score (nSPS) is 18.2. The van der Waals surface area contributed by atoms with Crippen molar-refractivity contribution in [1.29, 1.82) is 0 Å². The minimum absolute atomic E-state index is 0.106. The molecule has 24 heavy (non-hydrogen) atoms. The maximum absolute atomic E-state index is 12.8. The molecule has 0 radical (unpaired) electrons. The van der Waals surface area contributed by atoms with Crippen molar-refractivity contribution in [2.45, 2.75) is 38.9 Å². The highest BCUT2D eigenvalue weighted by Crippen LogP contribution is 2.32. The number of hydrogen-bond donors (Lipinski definition) is 2. The third-order valence-electron chi connectivity index (χ3n) is 3.77. The van der Waals surface area contributed by atoms with Crippen LogP contribution < -0.4 is 10.6 Å². The predicted octanol–water partition coefficient (Wildman–Crippen LogP) is 3.15. The minimum atomic E-state index is -4.47. The van der Waals surface area contributed by atoms with Crippen LogP contribution in [0.3, 0.4) is 0 Å². The summed E-state index contributed by atoms with van der Waals surface area (Å²) < 4.78 is 38.5. The van der Waals surface area contributed by atoms with Gasteiger partial charge in [0, 0.05) is 31.7 Å². The average Bonchev–Trinajstić information content (AvgIpc) is 2.45. The first-order chi connectivity index (χ1) is 11.1. The van der Waals surface area contributed by atoms with E-state index in [4.69, 9.17) is 0 Å². The first-order valence-electron chi connectivity index (χ1n) is 7.67. The molecule has 8 heteroatoms. The summed E-state index contributed by atoms with van der Waals surface area (Å²) in [6.07, 6.45) is -2.97. The first-order valence-corrected chi connectivity index (χ1v) is 7.67. The average molecular weight is 343 g/mol. The van der Waals surface area contributed by atoms with Gasteiger partial charge in [0.2, 0.25) is 5.91 Å². The molecule has 1 aliphatic rings. The SMILES string of the molecule is CC(=O)NC1CCCN(C(=O)Nc2cc(C)cc(C(F)(F)F)c2)C1. The Morgan fingerprint density at radius 3 is 2.58 bits per heavy atom. The Balaban J connectivity index is 2.06. The topological polar surface area (TPSA) is 61.4 Å². The number of carbonyl (C=O) groups excluding carboxylic acids is 2. The monoisotopic (exact) mass is 343 g/mol. The quantitative estimate of drug-likeness (QED) is 0.867. The molecule has 0 aliphatic carbocycles. The lowest BCUT2D eigenvalue weighted by Gasteiger charge is -2.33. The number of nitrogens with one attached hydrogen (secondary N) is 2. The smallest absolute Gasteiger partial charge is 0.352 e. The lowest BCUT2D eigenvalue weighted by molar-refractivity contribution is -0.137. The zero-order chi connectivity index (χ0) is 17.9. The summed E-state index contributed by atoms with van der Waals surface area (Å²) in [5.41, 5.74) is -0.281. The van der Waals surface area contributed by atoms with E-state index in [0.717, 1.165) is 25.0 Å². The zero-order valence-electron chi connectivity index (χ0n) is 13.5. The number of benzene rings is 1. The number of amides is 3. The number of urea groups is 1. The summed E-state index contributed by atoms with van der Waals surface area (Å²) in [6, 6.07) is 2.83. The molecule has 1 atom stereocenters. The largest absolute Gasteiger partial charge is 0.416 e. The maximum Gasteiger partial charge on any atom is 0.416 e. The Labute approximate surface area is 138 Å². The third kappa shape index (κ3) is 4.87. The number of rotatable bonds is 2. The molecule has 1 aromatic rings. The van der Waals surface area contributed by atoms with Gasteiger partial charge in [-0.15, -0.1) is 0 Å². The van der Waals surface area contributed by atoms with E-state index < -0.39 is 17.8 Å². The van der Waals surface area contributed by atoms with Crippen molar-refractivity contribution < 1.29 is 22.8 Å². The van der Waals surface area contributed by atoms with Gasteiger partial charge in [0.05, 0.1) is 5.56 Å². The number of carbonyl (C=O) groups is 2. The van der Waals surface area contributed by atoms with Gasteiger partial charge in [-0.1, -0.05) is 0 Å². The number of likely N-dealkylation sites (tertiary alicyclic amines) is 1. The summed E-state index contributed by atoms with van der Waals surface area (Å²) in [5.74, 6) is -0.171. The lowest BCUT2D eigenvalue weighted by atomic mass is 10.1. The molecular formula is C16H20F3N3O2. The van der Waals surface area contributed by atoms with Crippen molar-refractivity contribution in [2.24, 2.45) is 0 Å². The van der Waals surface area contributed by atoms with Gasteiger partial charge in [-0.3, -0.25) is 4.79 Å². The molecule has 1 fully saturated rings. The molecule has 0 saturated carbocycles. The van der Waals surface area contributed by atoms with Crippen molar-refractivity contribution in [3.05, 3.63) is 29.3 Å². The molecule has 1 aromatic carbocycles. The standard InChI is InChI=1S/C16H20F3N3O2/c1-10-6-12(16(17,18)19)8-14(7-10)21-15(24)22-5-3-4-13(9-22)20-11(2)23/h6-8,13H,3-5,9H2,1-2H3,(H,20,23)(H,21,24). The number of halogens is 3. The first kappa shape index (κ1) is 18.1. The molecule has 0 spiro atoms. The van der Waals surface area contributed by atoms with Crippen LogP contribution in [0, 0.1) is 6.92 Å². The van der Waals surface area contributed by atoms with Crippen LogP contribution in [0.2, 0.25) is 0 Å². The van der Waals surface area contributed by atoms with E-state index in [0.29, 0.717) is 18.7 Å². The minimum Gasteiger partial charge on any atom is -0.352 e. The van der Waals surface area contributed by atoms with Gasteiger partial charge in [0.15, 0.2) is 0 Å². The Hall–Kier alpha value is -2.25. The Bertz CT molecular complexity index is 631. The van der Waals surface area contributed by atoms with Crippen molar-refractivity contribution in [3.8, 4) is 0 Å². The Morgan fingerprint density at radius 2 is 1.96 bits per heavy atom. The van der Waals surface area contributed by atoms with Gasteiger partial charge in [-0.25, -0.2) is 4.79 Å². The highest BCUT2D eigenvalue weighted by atomic mass is 19.4. The van der Waals surface area contributed by atoms with Crippen LogP contribution in [-0.4, -0.2) is 36.0 Å². The van der Waals surface area contributed by atoms with Gasteiger partial charge in [0.25, 0.3) is 0 Å². The summed E-state index contributed by atoms with van der Waals surface area (Å²) in [4.78, 5) is 24.9. The fraction of sp³-hybridized carbons (Fsp3) is 0.500. The van der Waals surface area contributed by atoms with Crippen LogP contribution in [0.15, 0.2) is 18.2 Å². The second-order valence-corrected chi connectivity index (χ2v) is 6.00. The molecule has 1 saturated heterocycles. The maximum atomic E-state index is 12.8. The molecule has 1 unspecified atom stereocenters. The van der Waals surface area contributed by atoms with Crippen molar-refractivity contribution in [3.63, 3.8) is 0 Å². The second kappa shape index (κ2) is 7.11. The van der Waals surface area contributed by atoms with Crippen LogP contribution >= 0.6 is 0 Å². The number of nitrogens with zero attached hydrogens (tertiary/aromatic N) is 1. The number of alkyl halides is 3. The number of anilines is 1. The van der Waals surface area contributed by atoms with E-state index >= 15 is 0 Å². The molecule has 2 rings (SSSR count). The number of hydrogen-bond acceptors (Lipinski definition) is 2. The van der Waals surface area contributed by atoms with Crippen LogP contribution in [0.4, 0.5) is 23.7 Å². The van der Waals surface area contributed by atoms with Crippen LogP contribution in [0.1, 0.15) is 30.9 Å². The summed E-state index contributed by atoms with van der Waals surface area (Å²) in [7, 11) is 0. The van der Waals surface area contributed by atoms with Crippen LogP contribution in [0.5, 0.6) is 0 Å². The summed E-state index contributed by atoms with van der Waals surface area (Å²) in [5, 5.41) is 5.27. The van der Waals surface area contributed by atoms with Crippen molar-refractivity contribution in [1.82, 2.24) is 10.2 Å². The van der Waals surface area contributed by atoms with E-state index in [1.165, 1.54) is 17.9 Å². The summed E-state index contributed by atoms with van der Waals surface area (Å²) >= 11 is 0.